The average Bonchev–Trinajstić information content (AvgIpc) is 2.68. The number of piperidine rings is 1. The number of halogens is 2. The quantitative estimate of drug-likeness (QED) is 0.385. The minimum Gasteiger partial charge on any atom is -0.364 e. The molecule has 3 heterocycles. The summed E-state index contributed by atoms with van der Waals surface area (Å²) >= 11 is 0. The molecule has 0 radical (unpaired) electrons. The Bertz CT molecular complexity index is 731. The number of aromatic nitrogens is 4. The first-order valence-corrected chi connectivity index (χ1v) is 7.97. The molecule has 9 nitrogen and oxygen atoms in total. The molecule has 1 atom stereocenters. The maximum Gasteiger partial charge on any atom is 0.267 e. The van der Waals surface area contributed by atoms with E-state index in [1.807, 2.05) is 0 Å². The zero-order chi connectivity index (χ0) is 17.5. The number of hydrogen-bond donors (Lipinski definition) is 3. The molecular formula is C16H21Cl2N7O2. The number of carbonyl (C=O) groups excluding carboxylic acids is 1. The van der Waals surface area contributed by atoms with Crippen molar-refractivity contribution in [3.8, 4) is 0 Å². The highest BCUT2D eigenvalue weighted by Crippen LogP contribution is 2.18. The number of carbonyl (C=O) groups is 1. The molecule has 3 N–H and O–H groups in total. The third-order valence-corrected chi connectivity index (χ3v) is 3.80. The third-order valence-electron chi connectivity index (χ3n) is 3.80. The molecule has 0 aromatic carbocycles. The largest absolute Gasteiger partial charge is 0.364 e. The fourth-order valence-corrected chi connectivity index (χ4v) is 2.64. The smallest absolute Gasteiger partial charge is 0.267 e. The molecule has 0 saturated carbocycles. The fraction of sp³-hybridized carbons (Fsp3) is 0.312. The summed E-state index contributed by atoms with van der Waals surface area (Å²) in [6.07, 6.45) is 11.4. The maximum absolute atomic E-state index is 10.9. The minimum absolute atomic E-state index is 0. The first-order chi connectivity index (χ1) is 12.2. The van der Waals surface area contributed by atoms with E-state index in [0.29, 0.717) is 11.5 Å². The number of hydroxylamine groups is 1. The molecule has 0 spiro atoms. The number of amides is 1. The predicted molar refractivity (Wildman–Crippen MR) is 106 cm³/mol. The van der Waals surface area contributed by atoms with Crippen molar-refractivity contribution in [1.82, 2.24) is 25.4 Å². The second kappa shape index (κ2) is 11.3. The van der Waals surface area contributed by atoms with Crippen molar-refractivity contribution in [3.63, 3.8) is 0 Å². The molecule has 3 rings (SSSR count). The molecule has 146 valence electrons. The van der Waals surface area contributed by atoms with Gasteiger partial charge in [0.25, 0.3) is 5.91 Å². The van der Waals surface area contributed by atoms with Crippen LogP contribution in [0.25, 0.3) is 6.08 Å². The van der Waals surface area contributed by atoms with Gasteiger partial charge < -0.3 is 10.2 Å². The predicted octanol–water partition coefficient (Wildman–Crippen LogP) is 1.71. The Kier molecular flexibility index (Phi) is 9.41. The third kappa shape index (κ3) is 6.63. The molecule has 1 aliphatic heterocycles. The molecule has 0 bridgehead atoms. The summed E-state index contributed by atoms with van der Waals surface area (Å²) in [6.45, 7) is 1.73. The SMILES string of the molecule is Cl.Cl.O=C(C=Cc1cnc(N[C@@H]2CCCN(c3ncccn3)C2)cn1)NO. The first kappa shape index (κ1) is 22.6. The Morgan fingerprint density at radius 2 is 1.96 bits per heavy atom. The van der Waals surface area contributed by atoms with Gasteiger partial charge in [-0.1, -0.05) is 0 Å². The normalized spacial score (nSPS) is 16.2. The maximum atomic E-state index is 10.9. The summed E-state index contributed by atoms with van der Waals surface area (Å²) in [5.41, 5.74) is 2.04. The van der Waals surface area contributed by atoms with Crippen LogP contribution >= 0.6 is 24.8 Å². The van der Waals surface area contributed by atoms with Crippen molar-refractivity contribution in [2.75, 3.05) is 23.3 Å². The highest BCUT2D eigenvalue weighted by molar-refractivity contribution is 5.90. The molecule has 0 aliphatic carbocycles. The lowest BCUT2D eigenvalue weighted by molar-refractivity contribution is -0.124. The summed E-state index contributed by atoms with van der Waals surface area (Å²) in [5.74, 6) is 0.793. The molecule has 27 heavy (non-hydrogen) atoms. The Morgan fingerprint density at radius 3 is 2.63 bits per heavy atom. The second-order valence-corrected chi connectivity index (χ2v) is 5.61. The van der Waals surface area contributed by atoms with Gasteiger partial charge in [-0.2, -0.15) is 0 Å². The fourth-order valence-electron chi connectivity index (χ4n) is 2.64. The Labute approximate surface area is 169 Å². The van der Waals surface area contributed by atoms with Gasteiger partial charge in [0.2, 0.25) is 5.95 Å². The van der Waals surface area contributed by atoms with Crippen molar-refractivity contribution < 1.29 is 10.0 Å². The first-order valence-electron chi connectivity index (χ1n) is 7.97. The van der Waals surface area contributed by atoms with Crippen LogP contribution in [-0.2, 0) is 4.79 Å². The second-order valence-electron chi connectivity index (χ2n) is 5.61. The molecule has 1 amide bonds. The lowest BCUT2D eigenvalue weighted by atomic mass is 10.1. The van der Waals surface area contributed by atoms with E-state index in [0.717, 1.165) is 31.9 Å². The van der Waals surface area contributed by atoms with Crippen LogP contribution in [0.2, 0.25) is 0 Å². The van der Waals surface area contributed by atoms with Crippen LogP contribution in [-0.4, -0.2) is 50.2 Å². The van der Waals surface area contributed by atoms with Crippen molar-refractivity contribution in [3.05, 3.63) is 42.6 Å². The van der Waals surface area contributed by atoms with Crippen LogP contribution in [0.4, 0.5) is 11.8 Å². The number of nitrogens with one attached hydrogen (secondary N) is 2. The summed E-state index contributed by atoms with van der Waals surface area (Å²) in [7, 11) is 0. The van der Waals surface area contributed by atoms with Crippen LogP contribution in [0.3, 0.4) is 0 Å². The van der Waals surface area contributed by atoms with Gasteiger partial charge >= 0.3 is 0 Å². The Morgan fingerprint density at radius 1 is 1.19 bits per heavy atom. The van der Waals surface area contributed by atoms with Crippen molar-refractivity contribution in [2.45, 2.75) is 18.9 Å². The van der Waals surface area contributed by atoms with Gasteiger partial charge in [0.05, 0.1) is 18.1 Å². The molecule has 0 unspecified atom stereocenters. The topological polar surface area (TPSA) is 116 Å². The number of hydrogen-bond acceptors (Lipinski definition) is 8. The van der Waals surface area contributed by atoms with E-state index < -0.39 is 5.91 Å². The van der Waals surface area contributed by atoms with Gasteiger partial charge in [0.15, 0.2) is 0 Å². The van der Waals surface area contributed by atoms with E-state index in [9.17, 15) is 4.79 Å². The van der Waals surface area contributed by atoms with Crippen LogP contribution in [0.1, 0.15) is 18.5 Å². The van der Waals surface area contributed by atoms with Crippen molar-refractivity contribution in [2.24, 2.45) is 0 Å². The molecule has 1 aliphatic rings. The van der Waals surface area contributed by atoms with Gasteiger partial charge in [-0.25, -0.2) is 20.4 Å². The lowest BCUT2D eigenvalue weighted by Crippen LogP contribution is -2.43. The molecular weight excluding hydrogens is 393 g/mol. The minimum atomic E-state index is -0.616. The Hall–Kier alpha value is -2.49. The van der Waals surface area contributed by atoms with Crippen LogP contribution in [0.15, 0.2) is 36.9 Å². The van der Waals surface area contributed by atoms with E-state index >= 15 is 0 Å². The lowest BCUT2D eigenvalue weighted by Gasteiger charge is -2.33. The van der Waals surface area contributed by atoms with Crippen LogP contribution in [0, 0.1) is 0 Å². The highest BCUT2D eigenvalue weighted by Gasteiger charge is 2.21. The molecule has 2 aromatic rings. The molecule has 11 heteroatoms. The number of rotatable bonds is 5. The van der Waals surface area contributed by atoms with Crippen molar-refractivity contribution in [1.29, 1.82) is 0 Å². The zero-order valence-electron chi connectivity index (χ0n) is 14.4. The molecule has 2 aromatic heterocycles. The van der Waals surface area contributed by atoms with Crippen LogP contribution < -0.4 is 15.7 Å². The van der Waals surface area contributed by atoms with Gasteiger partial charge in [-0.3, -0.25) is 15.0 Å². The van der Waals surface area contributed by atoms with E-state index in [1.54, 1.807) is 30.9 Å². The van der Waals surface area contributed by atoms with E-state index in [-0.39, 0.29) is 30.9 Å². The zero-order valence-corrected chi connectivity index (χ0v) is 16.0. The summed E-state index contributed by atoms with van der Waals surface area (Å²) in [6, 6.07) is 2.03. The average molecular weight is 414 g/mol. The number of nitrogens with zero attached hydrogens (tertiary/aromatic N) is 5. The highest BCUT2D eigenvalue weighted by atomic mass is 35.5. The summed E-state index contributed by atoms with van der Waals surface area (Å²) in [5, 5.41) is 11.8. The van der Waals surface area contributed by atoms with Gasteiger partial charge in [0.1, 0.15) is 5.82 Å². The van der Waals surface area contributed by atoms with Crippen molar-refractivity contribution >= 4 is 48.6 Å². The van der Waals surface area contributed by atoms with Gasteiger partial charge in [0, 0.05) is 37.6 Å². The van der Waals surface area contributed by atoms with Crippen LogP contribution in [0.5, 0.6) is 0 Å². The molecule has 1 fully saturated rings. The Balaban J connectivity index is 0.00000182. The van der Waals surface area contributed by atoms with E-state index in [1.165, 1.54) is 17.6 Å². The van der Waals surface area contributed by atoms with E-state index in [4.69, 9.17) is 5.21 Å². The summed E-state index contributed by atoms with van der Waals surface area (Å²) in [4.78, 5) is 30.2. The van der Waals surface area contributed by atoms with Gasteiger partial charge in [-0.05, 0) is 25.0 Å². The standard InChI is InChI=1S/C16H19N7O2.2ClH/c24-15(22-25)5-4-12-9-20-14(10-19-12)21-13-3-1-8-23(11-13)16-17-6-2-7-18-16;;/h2,4-7,9-10,13,25H,1,3,8,11H2,(H,20,21)(H,22,24);2*1H/t13-;;/m1../s1. The molecule has 1 saturated heterocycles. The van der Waals surface area contributed by atoms with E-state index in [2.05, 4.69) is 30.2 Å². The monoisotopic (exact) mass is 413 g/mol. The number of anilines is 2. The van der Waals surface area contributed by atoms with Gasteiger partial charge in [-0.15, -0.1) is 24.8 Å². The summed E-state index contributed by atoms with van der Waals surface area (Å²) < 4.78 is 0.